The summed E-state index contributed by atoms with van der Waals surface area (Å²) in [6.45, 7) is 1.95. The van der Waals surface area contributed by atoms with Crippen LogP contribution in [0.15, 0.2) is 34.9 Å². The molecule has 0 saturated heterocycles. The van der Waals surface area contributed by atoms with Crippen molar-refractivity contribution in [3.05, 3.63) is 58.5 Å². The fraction of sp³-hybridized carbons (Fsp3) is 0.375. The maximum atomic E-state index is 6.23. The summed E-state index contributed by atoms with van der Waals surface area (Å²) in [4.78, 5) is 0. The highest BCUT2D eigenvalue weighted by Crippen LogP contribution is 2.25. The van der Waals surface area contributed by atoms with Gasteiger partial charge < -0.3 is 10.2 Å². The average molecular weight is 241 g/mol. The van der Waals surface area contributed by atoms with Crippen LogP contribution >= 0.6 is 0 Å². The summed E-state index contributed by atoms with van der Waals surface area (Å²) in [5.41, 5.74) is 11.7. The van der Waals surface area contributed by atoms with Gasteiger partial charge in [0, 0.05) is 11.6 Å². The first kappa shape index (κ1) is 11.5. The molecule has 1 aromatic heterocycles. The number of rotatable bonds is 3. The zero-order valence-corrected chi connectivity index (χ0v) is 10.8. The smallest absolute Gasteiger partial charge is 0.101 e. The Labute approximate surface area is 108 Å². The molecule has 0 radical (unpaired) electrons. The van der Waals surface area contributed by atoms with E-state index in [0.29, 0.717) is 0 Å². The van der Waals surface area contributed by atoms with Crippen molar-refractivity contribution >= 4 is 0 Å². The highest BCUT2D eigenvalue weighted by molar-refractivity contribution is 5.36. The van der Waals surface area contributed by atoms with E-state index in [-0.39, 0.29) is 6.04 Å². The van der Waals surface area contributed by atoms with Crippen LogP contribution in [0.1, 0.15) is 40.5 Å². The molecule has 2 nitrogen and oxygen atoms in total. The van der Waals surface area contributed by atoms with Crippen LogP contribution < -0.4 is 5.73 Å². The molecule has 0 amide bonds. The molecule has 1 aromatic carbocycles. The molecule has 18 heavy (non-hydrogen) atoms. The molecule has 1 heterocycles. The summed E-state index contributed by atoms with van der Waals surface area (Å²) in [5.74, 6) is 0.925. The lowest BCUT2D eigenvalue weighted by molar-refractivity contribution is 0.528. The number of furan rings is 1. The van der Waals surface area contributed by atoms with E-state index in [1.807, 2.05) is 13.0 Å². The van der Waals surface area contributed by atoms with Gasteiger partial charge in [0.1, 0.15) is 5.76 Å². The largest absolute Gasteiger partial charge is 0.469 e. The molecule has 2 aromatic rings. The predicted molar refractivity (Wildman–Crippen MR) is 72.5 cm³/mol. The number of hydrogen-bond acceptors (Lipinski definition) is 2. The second-order valence-electron chi connectivity index (χ2n) is 5.26. The van der Waals surface area contributed by atoms with Gasteiger partial charge in [-0.25, -0.2) is 0 Å². The third-order valence-corrected chi connectivity index (χ3v) is 3.80. The Morgan fingerprint density at radius 3 is 2.83 bits per heavy atom. The van der Waals surface area contributed by atoms with Crippen LogP contribution in [0.2, 0.25) is 0 Å². The Kier molecular flexibility index (Phi) is 2.96. The van der Waals surface area contributed by atoms with Gasteiger partial charge in [-0.3, -0.25) is 0 Å². The lowest BCUT2D eigenvalue weighted by Gasteiger charge is -2.10. The van der Waals surface area contributed by atoms with Crippen LogP contribution in [0.25, 0.3) is 0 Å². The standard InChI is InChI=1S/C16H19NO/c1-11-7-15(10-18-11)16(17)9-12-5-6-13-3-2-4-14(13)8-12/h5-8,10,16H,2-4,9,17H2,1H3. The molecule has 0 spiro atoms. The molecule has 0 fully saturated rings. The first-order valence-corrected chi connectivity index (χ1v) is 6.63. The summed E-state index contributed by atoms with van der Waals surface area (Å²) in [5, 5.41) is 0. The van der Waals surface area contributed by atoms with Crippen LogP contribution in [0.3, 0.4) is 0 Å². The van der Waals surface area contributed by atoms with Crippen molar-refractivity contribution in [3.63, 3.8) is 0 Å². The minimum absolute atomic E-state index is 0.0295. The maximum absolute atomic E-state index is 6.23. The van der Waals surface area contributed by atoms with Crippen molar-refractivity contribution in [2.24, 2.45) is 5.73 Å². The van der Waals surface area contributed by atoms with E-state index in [1.54, 1.807) is 6.26 Å². The van der Waals surface area contributed by atoms with Gasteiger partial charge in [0.2, 0.25) is 0 Å². The number of fused-ring (bicyclic) bond motifs is 1. The van der Waals surface area contributed by atoms with Gasteiger partial charge in [-0.15, -0.1) is 0 Å². The summed E-state index contributed by atoms with van der Waals surface area (Å²) in [6.07, 6.45) is 6.41. The van der Waals surface area contributed by atoms with E-state index in [4.69, 9.17) is 10.2 Å². The number of hydrogen-bond donors (Lipinski definition) is 1. The van der Waals surface area contributed by atoms with E-state index in [2.05, 4.69) is 18.2 Å². The van der Waals surface area contributed by atoms with Crippen LogP contribution in [-0.4, -0.2) is 0 Å². The summed E-state index contributed by atoms with van der Waals surface area (Å²) in [6, 6.07) is 8.87. The monoisotopic (exact) mass is 241 g/mol. The van der Waals surface area contributed by atoms with Crippen LogP contribution in [0.5, 0.6) is 0 Å². The Hall–Kier alpha value is -1.54. The molecule has 0 aliphatic heterocycles. The lowest BCUT2D eigenvalue weighted by atomic mass is 9.98. The third kappa shape index (κ3) is 2.21. The van der Waals surface area contributed by atoms with Crippen LogP contribution in [-0.2, 0) is 19.3 Å². The highest BCUT2D eigenvalue weighted by atomic mass is 16.3. The number of benzene rings is 1. The fourth-order valence-electron chi connectivity index (χ4n) is 2.78. The van der Waals surface area contributed by atoms with Gasteiger partial charge >= 0.3 is 0 Å². The summed E-state index contributed by atoms with van der Waals surface area (Å²) in [7, 11) is 0. The second kappa shape index (κ2) is 4.62. The van der Waals surface area contributed by atoms with Gasteiger partial charge in [-0.05, 0) is 55.4 Å². The first-order chi connectivity index (χ1) is 8.72. The van der Waals surface area contributed by atoms with E-state index < -0.39 is 0 Å². The van der Waals surface area contributed by atoms with Gasteiger partial charge in [0.05, 0.1) is 6.26 Å². The van der Waals surface area contributed by atoms with Crippen molar-refractivity contribution in [1.82, 2.24) is 0 Å². The zero-order valence-electron chi connectivity index (χ0n) is 10.8. The Morgan fingerprint density at radius 1 is 1.22 bits per heavy atom. The van der Waals surface area contributed by atoms with E-state index in [1.165, 1.54) is 36.0 Å². The Bertz CT molecular complexity index is 556. The molecule has 1 unspecified atom stereocenters. The minimum Gasteiger partial charge on any atom is -0.469 e. The van der Waals surface area contributed by atoms with Crippen molar-refractivity contribution in [3.8, 4) is 0 Å². The first-order valence-electron chi connectivity index (χ1n) is 6.63. The SMILES string of the molecule is Cc1cc(C(N)Cc2ccc3c(c2)CCC3)co1. The molecule has 0 saturated carbocycles. The maximum Gasteiger partial charge on any atom is 0.101 e. The van der Waals surface area contributed by atoms with E-state index in [0.717, 1.165) is 17.7 Å². The Morgan fingerprint density at radius 2 is 2.06 bits per heavy atom. The van der Waals surface area contributed by atoms with Crippen molar-refractivity contribution < 1.29 is 4.42 Å². The van der Waals surface area contributed by atoms with Crippen LogP contribution in [0.4, 0.5) is 0 Å². The molecule has 2 heteroatoms. The zero-order chi connectivity index (χ0) is 12.5. The van der Waals surface area contributed by atoms with Gasteiger partial charge in [0.15, 0.2) is 0 Å². The molecule has 94 valence electrons. The average Bonchev–Trinajstić information content (AvgIpc) is 2.96. The second-order valence-corrected chi connectivity index (χ2v) is 5.26. The number of aryl methyl sites for hydroxylation is 3. The highest BCUT2D eigenvalue weighted by Gasteiger charge is 2.13. The van der Waals surface area contributed by atoms with Crippen LogP contribution in [0, 0.1) is 6.92 Å². The van der Waals surface area contributed by atoms with Gasteiger partial charge in [-0.1, -0.05) is 18.2 Å². The quantitative estimate of drug-likeness (QED) is 0.895. The van der Waals surface area contributed by atoms with Gasteiger partial charge in [0.25, 0.3) is 0 Å². The minimum atomic E-state index is 0.0295. The van der Waals surface area contributed by atoms with E-state index >= 15 is 0 Å². The van der Waals surface area contributed by atoms with Crippen molar-refractivity contribution in [2.75, 3.05) is 0 Å². The summed E-state index contributed by atoms with van der Waals surface area (Å²) < 4.78 is 5.32. The molecule has 0 bridgehead atoms. The molecule has 1 aliphatic carbocycles. The normalized spacial score (nSPS) is 15.7. The molecule has 3 rings (SSSR count). The Balaban J connectivity index is 1.76. The number of nitrogens with two attached hydrogens (primary N) is 1. The molecular weight excluding hydrogens is 222 g/mol. The van der Waals surface area contributed by atoms with Crippen molar-refractivity contribution in [1.29, 1.82) is 0 Å². The molecule has 1 aliphatic rings. The van der Waals surface area contributed by atoms with Gasteiger partial charge in [-0.2, -0.15) is 0 Å². The van der Waals surface area contributed by atoms with Crippen molar-refractivity contribution in [2.45, 2.75) is 38.6 Å². The van der Waals surface area contributed by atoms with E-state index in [9.17, 15) is 0 Å². The molecule has 2 N–H and O–H groups in total. The molecular formula is C16H19NO. The lowest BCUT2D eigenvalue weighted by Crippen LogP contribution is -2.12. The topological polar surface area (TPSA) is 39.2 Å². The molecule has 1 atom stereocenters. The predicted octanol–water partition coefficient (Wildman–Crippen LogP) is 3.32. The summed E-state index contributed by atoms with van der Waals surface area (Å²) >= 11 is 0. The third-order valence-electron chi connectivity index (χ3n) is 3.80. The fourth-order valence-corrected chi connectivity index (χ4v) is 2.78.